The first-order chi connectivity index (χ1) is 11.7. The zero-order valence-corrected chi connectivity index (χ0v) is 17.2. The topological polar surface area (TPSA) is 91.5 Å². The molecule has 0 saturated carbocycles. The number of nitrogens with one attached hydrogen (secondary N) is 2. The molecule has 25 heavy (non-hydrogen) atoms. The maximum Gasteiger partial charge on any atom is 0.223 e. The Bertz CT molecular complexity index is 723. The van der Waals surface area contributed by atoms with Crippen LogP contribution in [0.25, 0.3) is 0 Å². The smallest absolute Gasteiger partial charge is 0.223 e. The van der Waals surface area contributed by atoms with Crippen molar-refractivity contribution in [1.29, 1.82) is 0 Å². The molecule has 2 aromatic heterocycles. The number of guanidine groups is 1. The van der Waals surface area contributed by atoms with E-state index >= 15 is 0 Å². The molecule has 0 bridgehead atoms. The van der Waals surface area contributed by atoms with Gasteiger partial charge >= 0.3 is 0 Å². The van der Waals surface area contributed by atoms with Crippen molar-refractivity contribution in [2.24, 2.45) is 4.99 Å². The second kappa shape index (κ2) is 9.18. The first kappa shape index (κ1) is 19.7. The Morgan fingerprint density at radius 1 is 1.52 bits per heavy atom. The summed E-state index contributed by atoms with van der Waals surface area (Å²) >= 11 is 6.22. The lowest BCUT2D eigenvalue weighted by molar-refractivity contribution is 0.386. The zero-order chi connectivity index (χ0) is 16.9. The Morgan fingerprint density at radius 3 is 3.04 bits per heavy atom. The number of hydrogen-bond donors (Lipinski definition) is 2. The van der Waals surface area contributed by atoms with Gasteiger partial charge in [-0.25, -0.2) is 4.98 Å². The van der Waals surface area contributed by atoms with Gasteiger partial charge in [0.1, 0.15) is 5.82 Å². The summed E-state index contributed by atoms with van der Waals surface area (Å²) in [7, 11) is 1.74. The van der Waals surface area contributed by atoms with E-state index in [1.807, 2.05) is 12.1 Å². The molecule has 3 heterocycles. The van der Waals surface area contributed by atoms with Crippen molar-refractivity contribution in [2.45, 2.75) is 25.9 Å². The van der Waals surface area contributed by atoms with Crippen molar-refractivity contribution in [3.05, 3.63) is 35.1 Å². The number of rotatable bonds is 4. The molecule has 1 saturated heterocycles. The van der Waals surface area contributed by atoms with Gasteiger partial charge < -0.3 is 20.1 Å². The van der Waals surface area contributed by atoms with E-state index in [1.165, 1.54) is 0 Å². The van der Waals surface area contributed by atoms with Crippen molar-refractivity contribution >= 4 is 47.4 Å². The summed E-state index contributed by atoms with van der Waals surface area (Å²) in [5.41, 5.74) is 0. The van der Waals surface area contributed by atoms with Gasteiger partial charge in [-0.2, -0.15) is 4.98 Å². The van der Waals surface area contributed by atoms with Crippen LogP contribution in [0, 0.1) is 6.92 Å². The number of aromatic nitrogens is 3. The van der Waals surface area contributed by atoms with Crippen LogP contribution >= 0.6 is 35.6 Å². The lowest BCUT2D eigenvalue weighted by Crippen LogP contribution is -2.44. The van der Waals surface area contributed by atoms with Gasteiger partial charge in [-0.3, -0.25) is 4.99 Å². The lowest BCUT2D eigenvalue weighted by Gasteiger charge is -2.20. The standard InChI is InChI=1S/C15H20ClN7O.HI/c1-10-20-13(22-24-10)8-19-15(17-2)21-11-5-7-23(9-11)14-12(16)4-3-6-18-14;/h3-4,6,11H,5,7-9H2,1-2H3,(H2,17,19,21);1H. The quantitative estimate of drug-likeness (QED) is 0.395. The van der Waals surface area contributed by atoms with Crippen LogP contribution in [-0.2, 0) is 6.54 Å². The molecule has 3 rings (SSSR count). The molecule has 0 radical (unpaired) electrons. The molecule has 2 aromatic rings. The molecule has 2 N–H and O–H groups in total. The van der Waals surface area contributed by atoms with Crippen molar-refractivity contribution < 1.29 is 4.52 Å². The summed E-state index contributed by atoms with van der Waals surface area (Å²) in [4.78, 5) is 14.9. The first-order valence-electron chi connectivity index (χ1n) is 7.77. The van der Waals surface area contributed by atoms with Gasteiger partial charge in [0.05, 0.1) is 11.6 Å². The van der Waals surface area contributed by atoms with Crippen molar-refractivity contribution in [2.75, 3.05) is 25.0 Å². The summed E-state index contributed by atoms with van der Waals surface area (Å²) in [5.74, 6) is 2.68. The summed E-state index contributed by atoms with van der Waals surface area (Å²) in [6.45, 7) is 3.94. The monoisotopic (exact) mass is 477 g/mol. The predicted octanol–water partition coefficient (Wildman–Crippen LogP) is 1.99. The molecule has 0 aromatic carbocycles. The van der Waals surface area contributed by atoms with Crippen molar-refractivity contribution in [3.8, 4) is 0 Å². The van der Waals surface area contributed by atoms with Crippen LogP contribution in [0.15, 0.2) is 27.8 Å². The summed E-state index contributed by atoms with van der Waals surface area (Å²) in [6.07, 6.45) is 2.74. The minimum Gasteiger partial charge on any atom is -0.353 e. The minimum absolute atomic E-state index is 0. The average Bonchev–Trinajstić information content (AvgIpc) is 3.21. The summed E-state index contributed by atoms with van der Waals surface area (Å²) in [5, 5.41) is 11.1. The highest BCUT2D eigenvalue weighted by molar-refractivity contribution is 14.0. The van der Waals surface area contributed by atoms with E-state index in [9.17, 15) is 0 Å². The molecule has 1 unspecified atom stereocenters. The van der Waals surface area contributed by atoms with Gasteiger partial charge in [0.15, 0.2) is 11.8 Å². The van der Waals surface area contributed by atoms with E-state index in [1.54, 1.807) is 20.2 Å². The molecule has 0 amide bonds. The number of nitrogens with zero attached hydrogens (tertiary/aromatic N) is 5. The molecule has 8 nitrogen and oxygen atoms in total. The SMILES string of the molecule is CN=C(NCc1noc(C)n1)NC1CCN(c2ncccc2Cl)C1.I. The van der Waals surface area contributed by atoms with Crippen LogP contribution in [-0.4, -0.2) is 47.3 Å². The van der Waals surface area contributed by atoms with Crippen LogP contribution in [0.5, 0.6) is 0 Å². The zero-order valence-electron chi connectivity index (χ0n) is 14.1. The van der Waals surface area contributed by atoms with Crippen LogP contribution in [0.3, 0.4) is 0 Å². The Kier molecular flexibility index (Phi) is 7.24. The van der Waals surface area contributed by atoms with E-state index in [-0.39, 0.29) is 30.0 Å². The van der Waals surface area contributed by atoms with Crippen molar-refractivity contribution in [3.63, 3.8) is 0 Å². The van der Waals surface area contributed by atoms with Crippen molar-refractivity contribution in [1.82, 2.24) is 25.8 Å². The molecule has 1 fully saturated rings. The van der Waals surface area contributed by atoms with E-state index in [0.29, 0.717) is 29.2 Å². The van der Waals surface area contributed by atoms with E-state index in [2.05, 4.69) is 35.7 Å². The van der Waals surface area contributed by atoms with Crippen LogP contribution in [0.1, 0.15) is 18.1 Å². The fourth-order valence-corrected chi connectivity index (χ4v) is 2.89. The number of hydrogen-bond acceptors (Lipinski definition) is 6. The number of anilines is 1. The third kappa shape index (κ3) is 5.18. The summed E-state index contributed by atoms with van der Waals surface area (Å²) < 4.78 is 4.95. The third-order valence-electron chi connectivity index (χ3n) is 3.77. The van der Waals surface area contributed by atoms with Gasteiger partial charge in [-0.1, -0.05) is 16.8 Å². The average molecular weight is 478 g/mol. The van der Waals surface area contributed by atoms with Crippen LogP contribution < -0.4 is 15.5 Å². The molecule has 136 valence electrons. The highest BCUT2D eigenvalue weighted by atomic mass is 127. The van der Waals surface area contributed by atoms with Gasteiger partial charge in [-0.05, 0) is 18.6 Å². The Hall–Kier alpha value is -1.62. The Balaban J connectivity index is 0.00000225. The second-order valence-electron chi connectivity index (χ2n) is 5.54. The van der Waals surface area contributed by atoms with E-state index in [4.69, 9.17) is 16.1 Å². The molecular formula is C15H21ClIN7O. The predicted molar refractivity (Wildman–Crippen MR) is 108 cm³/mol. The Morgan fingerprint density at radius 2 is 2.36 bits per heavy atom. The maximum atomic E-state index is 6.22. The number of aliphatic imine (C=N–C) groups is 1. The normalized spacial score (nSPS) is 17.3. The van der Waals surface area contributed by atoms with E-state index < -0.39 is 0 Å². The maximum absolute atomic E-state index is 6.22. The molecule has 0 aliphatic carbocycles. The minimum atomic E-state index is 0. The highest BCUT2D eigenvalue weighted by Gasteiger charge is 2.25. The fourth-order valence-electron chi connectivity index (χ4n) is 2.64. The second-order valence-corrected chi connectivity index (χ2v) is 5.95. The third-order valence-corrected chi connectivity index (χ3v) is 4.07. The van der Waals surface area contributed by atoms with Gasteiger partial charge in [0.25, 0.3) is 0 Å². The number of halogens is 2. The first-order valence-corrected chi connectivity index (χ1v) is 8.15. The number of pyridine rings is 1. The lowest BCUT2D eigenvalue weighted by atomic mass is 10.3. The molecule has 1 aliphatic rings. The highest BCUT2D eigenvalue weighted by Crippen LogP contribution is 2.25. The Labute approximate surface area is 168 Å². The fraction of sp³-hybridized carbons (Fsp3) is 0.467. The molecule has 1 aliphatic heterocycles. The van der Waals surface area contributed by atoms with Gasteiger partial charge in [-0.15, -0.1) is 24.0 Å². The van der Waals surface area contributed by atoms with E-state index in [0.717, 1.165) is 25.3 Å². The van der Waals surface area contributed by atoms with Crippen LogP contribution in [0.2, 0.25) is 5.02 Å². The largest absolute Gasteiger partial charge is 0.353 e. The van der Waals surface area contributed by atoms with Crippen LogP contribution in [0.4, 0.5) is 5.82 Å². The molecular weight excluding hydrogens is 457 g/mol. The van der Waals surface area contributed by atoms with Gasteiger partial charge in [0, 0.05) is 39.3 Å². The van der Waals surface area contributed by atoms with Gasteiger partial charge in [0.2, 0.25) is 5.89 Å². The molecule has 1 atom stereocenters. The molecule has 0 spiro atoms. The number of aryl methyl sites for hydroxylation is 1. The summed E-state index contributed by atoms with van der Waals surface area (Å²) in [6, 6.07) is 3.96. The molecule has 10 heteroatoms.